The van der Waals surface area contributed by atoms with Crippen molar-refractivity contribution in [1.29, 1.82) is 0 Å². The van der Waals surface area contributed by atoms with E-state index in [1.807, 2.05) is 38.1 Å². The molecule has 6 heteroatoms. The number of hydrogen-bond donors (Lipinski definition) is 1. The monoisotopic (exact) mass is 325 g/mol. The Morgan fingerprint density at radius 3 is 2.62 bits per heavy atom. The lowest BCUT2D eigenvalue weighted by atomic mass is 10.2. The topological polar surface area (TPSA) is 57.6 Å². The molecule has 0 spiro atoms. The molecule has 1 atom stereocenters. The van der Waals surface area contributed by atoms with Crippen molar-refractivity contribution in [2.24, 2.45) is 0 Å². The van der Waals surface area contributed by atoms with E-state index in [2.05, 4.69) is 0 Å². The first-order valence-electron chi connectivity index (χ1n) is 6.65. The first-order valence-corrected chi connectivity index (χ1v) is 7.85. The molecule has 0 fully saturated rings. The van der Waals surface area contributed by atoms with Crippen molar-refractivity contribution in [3.63, 3.8) is 0 Å². The summed E-state index contributed by atoms with van der Waals surface area (Å²) < 4.78 is 0.922. The van der Waals surface area contributed by atoms with Crippen LogP contribution in [0.2, 0.25) is 5.02 Å². The fourth-order valence-electron chi connectivity index (χ4n) is 2.08. The van der Waals surface area contributed by atoms with Crippen LogP contribution in [0.15, 0.2) is 24.3 Å². The minimum absolute atomic E-state index is 0.158. The van der Waals surface area contributed by atoms with E-state index in [0.717, 1.165) is 10.1 Å². The van der Waals surface area contributed by atoms with Crippen molar-refractivity contribution < 1.29 is 14.7 Å². The van der Waals surface area contributed by atoms with Gasteiger partial charge < -0.3 is 10.0 Å². The first-order chi connectivity index (χ1) is 9.95. The average Bonchev–Trinajstić information content (AvgIpc) is 2.81. The maximum Gasteiger partial charge on any atom is 0.323 e. The minimum Gasteiger partial charge on any atom is -0.480 e. The molecular formula is C15H16ClNO3S. The summed E-state index contributed by atoms with van der Waals surface area (Å²) in [6, 6.07) is 7.34. The summed E-state index contributed by atoms with van der Waals surface area (Å²) >= 11 is 7.60. The third-order valence-corrected chi connectivity index (χ3v) is 5.08. The van der Waals surface area contributed by atoms with Gasteiger partial charge in [0.05, 0.1) is 5.02 Å². The smallest absolute Gasteiger partial charge is 0.323 e. The van der Waals surface area contributed by atoms with Gasteiger partial charge in [0.15, 0.2) is 0 Å². The third-order valence-electron chi connectivity index (χ3n) is 3.42. The molecule has 0 bridgehead atoms. The zero-order valence-corrected chi connectivity index (χ0v) is 13.4. The number of aliphatic carboxylic acids is 1. The van der Waals surface area contributed by atoms with Crippen LogP contribution < -0.4 is 0 Å². The molecular weight excluding hydrogens is 310 g/mol. The maximum absolute atomic E-state index is 12.7. The quantitative estimate of drug-likeness (QED) is 0.907. The number of fused-ring (bicyclic) bond motifs is 1. The summed E-state index contributed by atoms with van der Waals surface area (Å²) in [5.41, 5.74) is 0. The first kappa shape index (κ1) is 15.8. The zero-order chi connectivity index (χ0) is 15.6. The van der Waals surface area contributed by atoms with Gasteiger partial charge >= 0.3 is 5.97 Å². The van der Waals surface area contributed by atoms with Crippen molar-refractivity contribution in [3.8, 4) is 0 Å². The summed E-state index contributed by atoms with van der Waals surface area (Å²) in [7, 11) is 0. The third kappa shape index (κ3) is 3.19. The van der Waals surface area contributed by atoms with Crippen molar-refractivity contribution in [3.05, 3.63) is 34.2 Å². The van der Waals surface area contributed by atoms with E-state index in [0.29, 0.717) is 16.3 Å². The van der Waals surface area contributed by atoms with E-state index in [9.17, 15) is 9.59 Å². The van der Waals surface area contributed by atoms with Gasteiger partial charge in [-0.1, -0.05) is 36.7 Å². The number of amides is 1. The molecule has 2 aromatic rings. The molecule has 0 saturated heterocycles. The molecule has 2 rings (SSSR count). The molecule has 0 radical (unpaired) electrons. The molecule has 21 heavy (non-hydrogen) atoms. The number of nitrogens with zero attached hydrogens (tertiary/aromatic N) is 1. The van der Waals surface area contributed by atoms with E-state index < -0.39 is 5.97 Å². The van der Waals surface area contributed by atoms with Crippen LogP contribution in [-0.2, 0) is 4.79 Å². The number of carbonyl (C=O) groups is 2. The highest BCUT2D eigenvalue weighted by molar-refractivity contribution is 7.21. The number of halogens is 1. The Morgan fingerprint density at radius 1 is 1.38 bits per heavy atom. The summed E-state index contributed by atoms with van der Waals surface area (Å²) in [6.07, 6.45) is 0.682. The molecule has 4 nitrogen and oxygen atoms in total. The normalized spacial score (nSPS) is 12.3. The van der Waals surface area contributed by atoms with Crippen molar-refractivity contribution in [1.82, 2.24) is 4.90 Å². The molecule has 1 aromatic heterocycles. The Morgan fingerprint density at radius 2 is 2.05 bits per heavy atom. The molecule has 1 unspecified atom stereocenters. The van der Waals surface area contributed by atoms with Gasteiger partial charge in [0.2, 0.25) is 0 Å². The second-order valence-corrected chi connectivity index (χ2v) is 6.26. The summed E-state index contributed by atoms with van der Waals surface area (Å²) in [5, 5.41) is 10.2. The highest BCUT2D eigenvalue weighted by atomic mass is 35.5. The predicted molar refractivity (Wildman–Crippen MR) is 85.3 cm³/mol. The van der Waals surface area contributed by atoms with Crippen LogP contribution in [0, 0.1) is 0 Å². The van der Waals surface area contributed by atoms with E-state index in [1.54, 1.807) is 0 Å². The second kappa shape index (κ2) is 6.45. The minimum atomic E-state index is -1.03. The highest BCUT2D eigenvalue weighted by Crippen LogP contribution is 2.36. The number of carboxylic acid groups (broad SMARTS) is 1. The van der Waals surface area contributed by atoms with Crippen LogP contribution in [0.3, 0.4) is 0 Å². The van der Waals surface area contributed by atoms with E-state index in [4.69, 9.17) is 16.7 Å². The number of carboxylic acids is 1. The SMILES string of the molecule is CCC(C)N(CC(=O)O)C(=O)c1sc2ccccc2c1Cl. The van der Waals surface area contributed by atoms with Crippen LogP contribution in [0.1, 0.15) is 29.9 Å². The number of thiophene rings is 1. The molecule has 1 amide bonds. The largest absolute Gasteiger partial charge is 0.480 e. The lowest BCUT2D eigenvalue weighted by Crippen LogP contribution is -2.41. The Kier molecular flexibility index (Phi) is 4.85. The fourth-order valence-corrected chi connectivity index (χ4v) is 3.54. The molecule has 0 aliphatic rings. The molecule has 0 aliphatic heterocycles. The fraction of sp³-hybridized carbons (Fsp3) is 0.333. The van der Waals surface area contributed by atoms with Crippen LogP contribution in [0.4, 0.5) is 0 Å². The van der Waals surface area contributed by atoms with Crippen LogP contribution in [-0.4, -0.2) is 34.5 Å². The van der Waals surface area contributed by atoms with E-state index >= 15 is 0 Å². The number of hydrogen-bond acceptors (Lipinski definition) is 3. The predicted octanol–water partition coefficient (Wildman–Crippen LogP) is 3.88. The molecule has 0 aliphatic carbocycles. The standard InChI is InChI=1S/C15H16ClNO3S/c1-3-9(2)17(8-12(18)19)15(20)14-13(16)10-6-4-5-7-11(10)21-14/h4-7,9H,3,8H2,1-2H3,(H,18,19). The van der Waals surface area contributed by atoms with E-state index in [1.165, 1.54) is 16.2 Å². The van der Waals surface area contributed by atoms with Crippen molar-refractivity contribution in [2.75, 3.05) is 6.54 Å². The van der Waals surface area contributed by atoms with Crippen LogP contribution >= 0.6 is 22.9 Å². The number of benzene rings is 1. The Labute approximate surface area is 131 Å². The van der Waals surface area contributed by atoms with Gasteiger partial charge in [-0.15, -0.1) is 11.3 Å². The van der Waals surface area contributed by atoms with Gasteiger partial charge in [-0.2, -0.15) is 0 Å². The summed E-state index contributed by atoms with van der Waals surface area (Å²) in [4.78, 5) is 25.4. The maximum atomic E-state index is 12.7. The zero-order valence-electron chi connectivity index (χ0n) is 11.8. The van der Waals surface area contributed by atoms with Gasteiger partial charge in [0.25, 0.3) is 5.91 Å². The van der Waals surface area contributed by atoms with Crippen molar-refractivity contribution >= 4 is 44.9 Å². The van der Waals surface area contributed by atoms with Gasteiger partial charge in [-0.25, -0.2) is 0 Å². The highest BCUT2D eigenvalue weighted by Gasteiger charge is 2.26. The molecule has 1 aromatic carbocycles. The average molecular weight is 326 g/mol. The molecule has 1 N–H and O–H groups in total. The van der Waals surface area contributed by atoms with Gasteiger partial charge in [-0.3, -0.25) is 9.59 Å². The summed E-state index contributed by atoms with van der Waals surface area (Å²) in [5.74, 6) is -1.35. The Hall–Kier alpha value is -1.59. The lowest BCUT2D eigenvalue weighted by Gasteiger charge is -2.26. The second-order valence-electron chi connectivity index (χ2n) is 4.83. The van der Waals surface area contributed by atoms with Crippen molar-refractivity contribution in [2.45, 2.75) is 26.3 Å². The van der Waals surface area contributed by atoms with Gasteiger partial charge in [0, 0.05) is 16.1 Å². The molecule has 112 valence electrons. The summed E-state index contributed by atoms with van der Waals surface area (Å²) in [6.45, 7) is 3.43. The van der Waals surface area contributed by atoms with Crippen LogP contribution in [0.5, 0.6) is 0 Å². The van der Waals surface area contributed by atoms with Gasteiger partial charge in [-0.05, 0) is 19.4 Å². The molecule has 1 heterocycles. The lowest BCUT2D eigenvalue weighted by molar-refractivity contribution is -0.138. The Balaban J connectivity index is 2.43. The van der Waals surface area contributed by atoms with Crippen LogP contribution in [0.25, 0.3) is 10.1 Å². The van der Waals surface area contributed by atoms with Gasteiger partial charge in [0.1, 0.15) is 11.4 Å². The number of rotatable bonds is 5. The van der Waals surface area contributed by atoms with E-state index in [-0.39, 0.29) is 18.5 Å². The molecule has 0 saturated carbocycles. The Bertz CT molecular complexity index is 683. The number of carbonyl (C=O) groups excluding carboxylic acids is 1.